The fourth-order valence-electron chi connectivity index (χ4n) is 1.83. The molecule has 18 heavy (non-hydrogen) atoms. The van der Waals surface area contributed by atoms with Crippen molar-refractivity contribution in [3.63, 3.8) is 0 Å². The molecule has 0 aliphatic heterocycles. The van der Waals surface area contributed by atoms with Gasteiger partial charge in [-0.25, -0.2) is 4.68 Å². The van der Waals surface area contributed by atoms with Crippen molar-refractivity contribution in [1.29, 1.82) is 0 Å². The van der Waals surface area contributed by atoms with Gasteiger partial charge in [-0.15, -0.1) is 0 Å². The van der Waals surface area contributed by atoms with E-state index in [1.165, 1.54) is 0 Å². The first-order chi connectivity index (χ1) is 8.54. The van der Waals surface area contributed by atoms with Crippen LogP contribution in [0.3, 0.4) is 0 Å². The second-order valence-electron chi connectivity index (χ2n) is 4.35. The molecule has 1 unspecified atom stereocenters. The van der Waals surface area contributed by atoms with Crippen molar-refractivity contribution < 1.29 is 0 Å². The quantitative estimate of drug-likeness (QED) is 0.927. The molecule has 2 aromatic heterocycles. The van der Waals surface area contributed by atoms with Crippen LogP contribution in [-0.4, -0.2) is 14.8 Å². The summed E-state index contributed by atoms with van der Waals surface area (Å²) in [5.74, 6) is 0. The average Bonchev–Trinajstić information content (AvgIpc) is 2.66. The minimum absolute atomic E-state index is 0.0110. The Labute approximate surface area is 112 Å². The van der Waals surface area contributed by atoms with Crippen LogP contribution in [-0.2, 0) is 0 Å². The Balaban J connectivity index is 2.37. The van der Waals surface area contributed by atoms with Gasteiger partial charge in [-0.2, -0.15) is 5.10 Å². The lowest BCUT2D eigenvalue weighted by Crippen LogP contribution is -2.11. The maximum Gasteiger partial charge on any atom is 0.0848 e. The number of aryl methyl sites for hydroxylation is 1. The smallest absolute Gasteiger partial charge is 0.0848 e. The van der Waals surface area contributed by atoms with Gasteiger partial charge >= 0.3 is 0 Å². The molecular weight excluding hydrogens is 248 g/mol. The number of rotatable bonds is 3. The van der Waals surface area contributed by atoms with Gasteiger partial charge in [0.1, 0.15) is 0 Å². The normalized spacial score (nSPS) is 12.7. The van der Waals surface area contributed by atoms with E-state index in [9.17, 15) is 0 Å². The van der Waals surface area contributed by atoms with Crippen molar-refractivity contribution in [2.45, 2.75) is 33.2 Å². The van der Waals surface area contributed by atoms with Crippen LogP contribution in [0.5, 0.6) is 0 Å². The highest BCUT2D eigenvalue weighted by molar-refractivity contribution is 6.31. The fourth-order valence-corrected chi connectivity index (χ4v) is 1.94. The highest BCUT2D eigenvalue weighted by Crippen LogP contribution is 2.22. The van der Waals surface area contributed by atoms with E-state index in [0.29, 0.717) is 5.02 Å². The lowest BCUT2D eigenvalue weighted by Gasteiger charge is -2.09. The Morgan fingerprint density at radius 3 is 2.56 bits per heavy atom. The van der Waals surface area contributed by atoms with Crippen LogP contribution >= 0.6 is 11.6 Å². The zero-order valence-electron chi connectivity index (χ0n) is 10.8. The molecule has 0 aliphatic carbocycles. The van der Waals surface area contributed by atoms with Crippen LogP contribution < -0.4 is 5.73 Å². The summed E-state index contributed by atoms with van der Waals surface area (Å²) >= 11 is 6.13. The molecule has 0 fully saturated rings. The lowest BCUT2D eigenvalue weighted by atomic mass is 10.1. The van der Waals surface area contributed by atoms with Crippen LogP contribution in [0, 0.1) is 13.8 Å². The lowest BCUT2D eigenvalue weighted by molar-refractivity contribution is 0.673. The molecule has 4 nitrogen and oxygen atoms in total. The van der Waals surface area contributed by atoms with Gasteiger partial charge in [0.15, 0.2) is 0 Å². The standard InChI is InChI=1S/C13H17ClN4/c1-4-11(15)12-6-5-10(7-16-12)18-9(3)13(14)8(2)17-18/h5-7,11H,4,15H2,1-3H3. The van der Waals surface area contributed by atoms with Gasteiger partial charge in [0.05, 0.1) is 34.0 Å². The molecule has 0 amide bonds. The molecule has 0 spiro atoms. The summed E-state index contributed by atoms with van der Waals surface area (Å²) < 4.78 is 1.80. The van der Waals surface area contributed by atoms with E-state index in [2.05, 4.69) is 10.1 Å². The molecule has 0 radical (unpaired) electrons. The van der Waals surface area contributed by atoms with Crippen molar-refractivity contribution >= 4 is 11.6 Å². The highest BCUT2D eigenvalue weighted by Gasteiger charge is 2.11. The number of nitrogens with two attached hydrogens (primary N) is 1. The molecule has 0 saturated heterocycles. The van der Waals surface area contributed by atoms with Crippen molar-refractivity contribution in [3.05, 3.63) is 40.4 Å². The second kappa shape index (κ2) is 5.08. The Morgan fingerprint density at radius 2 is 2.11 bits per heavy atom. The van der Waals surface area contributed by atoms with Gasteiger partial charge in [-0.05, 0) is 32.4 Å². The van der Waals surface area contributed by atoms with Gasteiger partial charge < -0.3 is 5.73 Å². The first-order valence-corrected chi connectivity index (χ1v) is 6.36. The van der Waals surface area contributed by atoms with Gasteiger partial charge in [0, 0.05) is 6.04 Å². The summed E-state index contributed by atoms with van der Waals surface area (Å²) in [4.78, 5) is 4.38. The third-order valence-electron chi connectivity index (χ3n) is 3.04. The number of hydrogen-bond donors (Lipinski definition) is 1. The predicted octanol–water partition coefficient (Wildman–Crippen LogP) is 2.95. The minimum atomic E-state index is -0.0110. The third kappa shape index (κ3) is 2.26. The zero-order valence-corrected chi connectivity index (χ0v) is 11.6. The molecule has 96 valence electrons. The van der Waals surface area contributed by atoms with Gasteiger partial charge in [0.25, 0.3) is 0 Å². The molecule has 1 atom stereocenters. The maximum absolute atomic E-state index is 6.13. The average molecular weight is 265 g/mol. The Hall–Kier alpha value is -1.39. The molecule has 5 heteroatoms. The number of pyridine rings is 1. The minimum Gasteiger partial charge on any atom is -0.323 e. The summed E-state index contributed by atoms with van der Waals surface area (Å²) in [7, 11) is 0. The molecule has 2 N–H and O–H groups in total. The molecular formula is C13H17ClN4. The highest BCUT2D eigenvalue weighted by atomic mass is 35.5. The first kappa shape index (κ1) is 13.1. The Kier molecular flexibility index (Phi) is 3.68. The number of hydrogen-bond acceptors (Lipinski definition) is 3. The summed E-state index contributed by atoms with van der Waals surface area (Å²) in [6, 6.07) is 3.89. The largest absolute Gasteiger partial charge is 0.323 e. The summed E-state index contributed by atoms with van der Waals surface area (Å²) in [6.45, 7) is 5.87. The van der Waals surface area contributed by atoms with E-state index >= 15 is 0 Å². The van der Waals surface area contributed by atoms with Crippen LogP contribution in [0.1, 0.15) is 36.5 Å². The van der Waals surface area contributed by atoms with Crippen molar-refractivity contribution in [3.8, 4) is 5.69 Å². The first-order valence-electron chi connectivity index (χ1n) is 5.98. The summed E-state index contributed by atoms with van der Waals surface area (Å²) in [6.07, 6.45) is 2.65. The van der Waals surface area contributed by atoms with Crippen LogP contribution in [0.2, 0.25) is 5.02 Å². The predicted molar refractivity (Wildman–Crippen MR) is 73.1 cm³/mol. The van der Waals surface area contributed by atoms with Crippen LogP contribution in [0.25, 0.3) is 5.69 Å². The van der Waals surface area contributed by atoms with Gasteiger partial charge in [0.2, 0.25) is 0 Å². The number of halogens is 1. The van der Waals surface area contributed by atoms with Gasteiger partial charge in [-0.1, -0.05) is 18.5 Å². The SMILES string of the molecule is CCC(N)c1ccc(-n2nc(C)c(Cl)c2C)cn1. The summed E-state index contributed by atoms with van der Waals surface area (Å²) in [5, 5.41) is 5.09. The van der Waals surface area contributed by atoms with Crippen LogP contribution in [0.15, 0.2) is 18.3 Å². The maximum atomic E-state index is 6.13. The molecule has 2 aromatic rings. The van der Waals surface area contributed by atoms with E-state index in [1.54, 1.807) is 10.9 Å². The van der Waals surface area contributed by atoms with Crippen molar-refractivity contribution in [2.24, 2.45) is 5.73 Å². The monoisotopic (exact) mass is 264 g/mol. The van der Waals surface area contributed by atoms with Crippen molar-refractivity contribution in [2.75, 3.05) is 0 Å². The Morgan fingerprint density at radius 1 is 1.39 bits per heavy atom. The third-order valence-corrected chi connectivity index (χ3v) is 3.59. The molecule has 0 saturated carbocycles. The fraction of sp³-hybridized carbons (Fsp3) is 0.385. The topological polar surface area (TPSA) is 56.7 Å². The summed E-state index contributed by atoms with van der Waals surface area (Å²) in [5.41, 5.74) is 9.47. The molecule has 2 heterocycles. The number of aromatic nitrogens is 3. The Bertz CT molecular complexity index is 545. The van der Waals surface area contributed by atoms with Crippen LogP contribution in [0.4, 0.5) is 0 Å². The molecule has 0 bridgehead atoms. The van der Waals surface area contributed by atoms with Gasteiger partial charge in [-0.3, -0.25) is 4.98 Å². The molecule has 2 rings (SSSR count). The van der Waals surface area contributed by atoms with E-state index < -0.39 is 0 Å². The van der Waals surface area contributed by atoms with E-state index in [-0.39, 0.29) is 6.04 Å². The second-order valence-corrected chi connectivity index (χ2v) is 4.73. The molecule has 0 aromatic carbocycles. The number of nitrogens with zero attached hydrogens (tertiary/aromatic N) is 3. The van der Waals surface area contributed by atoms with Crippen molar-refractivity contribution in [1.82, 2.24) is 14.8 Å². The zero-order chi connectivity index (χ0) is 13.3. The van der Waals surface area contributed by atoms with E-state index in [4.69, 9.17) is 17.3 Å². The molecule has 0 aliphatic rings. The van der Waals surface area contributed by atoms with E-state index in [0.717, 1.165) is 29.2 Å². The van der Waals surface area contributed by atoms with E-state index in [1.807, 2.05) is 32.9 Å².